The number of nitrogens with zero attached hydrogens (tertiary/aromatic N) is 2. The zero-order chi connectivity index (χ0) is 13.5. The van der Waals surface area contributed by atoms with Crippen LogP contribution in [0.2, 0.25) is 5.15 Å². The summed E-state index contributed by atoms with van der Waals surface area (Å²) < 4.78 is 0. The zero-order valence-corrected chi connectivity index (χ0v) is 11.5. The van der Waals surface area contributed by atoms with Crippen molar-refractivity contribution in [1.82, 2.24) is 9.88 Å². The van der Waals surface area contributed by atoms with Crippen molar-refractivity contribution in [3.63, 3.8) is 0 Å². The highest BCUT2D eigenvalue weighted by Gasteiger charge is 2.45. The molecule has 1 amide bonds. The summed E-state index contributed by atoms with van der Waals surface area (Å²) in [6.45, 7) is 6.46. The third kappa shape index (κ3) is 2.35. The molecule has 4 nitrogen and oxygen atoms in total. The lowest BCUT2D eigenvalue weighted by Gasteiger charge is -2.49. The molecule has 0 bridgehead atoms. The zero-order valence-electron chi connectivity index (χ0n) is 10.8. The van der Waals surface area contributed by atoms with Gasteiger partial charge in [-0.15, -0.1) is 0 Å². The molecule has 0 saturated carbocycles. The van der Waals surface area contributed by atoms with E-state index in [1.807, 2.05) is 13.8 Å². The van der Waals surface area contributed by atoms with Gasteiger partial charge in [-0.1, -0.05) is 25.4 Å². The summed E-state index contributed by atoms with van der Waals surface area (Å²) in [6, 6.07) is 3.27. The van der Waals surface area contributed by atoms with Crippen LogP contribution in [0.1, 0.15) is 29.9 Å². The van der Waals surface area contributed by atoms with E-state index in [0.29, 0.717) is 29.5 Å². The van der Waals surface area contributed by atoms with Crippen molar-refractivity contribution in [3.8, 4) is 0 Å². The van der Waals surface area contributed by atoms with E-state index in [0.717, 1.165) is 0 Å². The lowest BCUT2D eigenvalue weighted by Crippen LogP contribution is -2.65. The van der Waals surface area contributed by atoms with E-state index < -0.39 is 5.60 Å². The van der Waals surface area contributed by atoms with Gasteiger partial charge in [0.1, 0.15) is 10.8 Å². The van der Waals surface area contributed by atoms with Crippen molar-refractivity contribution in [2.24, 2.45) is 5.92 Å². The first kappa shape index (κ1) is 13.3. The minimum Gasteiger partial charge on any atom is -0.386 e. The molecule has 1 saturated heterocycles. The summed E-state index contributed by atoms with van der Waals surface area (Å²) in [7, 11) is 0. The van der Waals surface area contributed by atoms with Crippen LogP contribution in [-0.2, 0) is 0 Å². The van der Waals surface area contributed by atoms with Gasteiger partial charge in [-0.2, -0.15) is 0 Å². The topological polar surface area (TPSA) is 53.4 Å². The van der Waals surface area contributed by atoms with Gasteiger partial charge in [0.2, 0.25) is 0 Å². The molecule has 18 heavy (non-hydrogen) atoms. The van der Waals surface area contributed by atoms with E-state index in [1.54, 1.807) is 24.0 Å². The van der Waals surface area contributed by atoms with Crippen LogP contribution >= 0.6 is 11.6 Å². The van der Waals surface area contributed by atoms with Crippen molar-refractivity contribution < 1.29 is 9.90 Å². The van der Waals surface area contributed by atoms with Crippen LogP contribution in [0.3, 0.4) is 0 Å². The first-order valence-electron chi connectivity index (χ1n) is 5.98. The largest absolute Gasteiger partial charge is 0.386 e. The number of β-amino-alcohol motifs (C(OH)–C–C–N with tert-alkyl or cyclic N) is 1. The van der Waals surface area contributed by atoms with Crippen LogP contribution < -0.4 is 0 Å². The summed E-state index contributed by atoms with van der Waals surface area (Å²) >= 11 is 5.84. The Labute approximate surface area is 112 Å². The normalized spacial score (nSPS) is 17.8. The van der Waals surface area contributed by atoms with Crippen LogP contribution in [0.4, 0.5) is 0 Å². The fraction of sp³-hybridized carbons (Fsp3) is 0.538. The van der Waals surface area contributed by atoms with Crippen LogP contribution in [0, 0.1) is 12.8 Å². The molecule has 1 aliphatic heterocycles. The summed E-state index contributed by atoms with van der Waals surface area (Å²) in [6.07, 6.45) is 0. The highest BCUT2D eigenvalue weighted by atomic mass is 35.5. The SMILES string of the molecule is Cc1cc(C(=O)N2CC(O)(C(C)C)C2)cc(Cl)n1. The first-order valence-corrected chi connectivity index (χ1v) is 6.35. The number of carbonyl (C=O) groups is 1. The van der Waals surface area contributed by atoms with E-state index in [1.165, 1.54) is 0 Å². The average molecular weight is 269 g/mol. The molecule has 5 heteroatoms. The molecule has 0 spiro atoms. The van der Waals surface area contributed by atoms with Crippen molar-refractivity contribution >= 4 is 17.5 Å². The molecular formula is C13H17ClN2O2. The molecular weight excluding hydrogens is 252 g/mol. The van der Waals surface area contributed by atoms with E-state index in [-0.39, 0.29) is 11.8 Å². The lowest BCUT2D eigenvalue weighted by molar-refractivity contribution is -0.110. The molecule has 0 unspecified atom stereocenters. The van der Waals surface area contributed by atoms with Crippen LogP contribution in [-0.4, -0.2) is 39.6 Å². The Bertz CT molecular complexity index is 462. The van der Waals surface area contributed by atoms with Gasteiger partial charge in [0.25, 0.3) is 5.91 Å². The minimum atomic E-state index is -0.748. The molecule has 1 aromatic rings. The van der Waals surface area contributed by atoms with Crippen molar-refractivity contribution in [2.45, 2.75) is 26.4 Å². The van der Waals surface area contributed by atoms with E-state index >= 15 is 0 Å². The van der Waals surface area contributed by atoms with Crippen LogP contribution in [0.25, 0.3) is 0 Å². The number of aliphatic hydroxyl groups is 1. The summed E-state index contributed by atoms with van der Waals surface area (Å²) in [5.41, 5.74) is 0.491. The van der Waals surface area contributed by atoms with E-state index in [9.17, 15) is 9.90 Å². The number of rotatable bonds is 2. The summed E-state index contributed by atoms with van der Waals surface area (Å²) in [4.78, 5) is 17.8. The van der Waals surface area contributed by atoms with Gasteiger partial charge < -0.3 is 10.0 Å². The Hall–Kier alpha value is -1.13. The predicted octanol–water partition coefficient (Wildman–Crippen LogP) is 1.89. The second kappa shape index (κ2) is 4.52. The maximum Gasteiger partial charge on any atom is 0.254 e. The Balaban J connectivity index is 2.10. The molecule has 0 radical (unpaired) electrons. The Morgan fingerprint density at radius 3 is 2.61 bits per heavy atom. The molecule has 2 heterocycles. The van der Waals surface area contributed by atoms with Gasteiger partial charge in [0, 0.05) is 11.3 Å². The Morgan fingerprint density at radius 2 is 2.11 bits per heavy atom. The first-order chi connectivity index (χ1) is 8.32. The molecule has 1 aliphatic rings. The molecule has 1 N–H and O–H groups in total. The van der Waals surface area contributed by atoms with E-state index in [4.69, 9.17) is 11.6 Å². The second-order valence-corrected chi connectivity index (χ2v) is 5.63. The molecule has 1 aromatic heterocycles. The van der Waals surface area contributed by atoms with Crippen LogP contribution in [0.5, 0.6) is 0 Å². The average Bonchev–Trinajstić information content (AvgIpc) is 2.22. The van der Waals surface area contributed by atoms with Gasteiger partial charge >= 0.3 is 0 Å². The standard InChI is InChI=1S/C13H17ClN2O2/c1-8(2)13(18)6-16(7-13)12(17)10-4-9(3)15-11(14)5-10/h4-5,8,18H,6-7H2,1-3H3. The number of hydrogen-bond donors (Lipinski definition) is 1. The minimum absolute atomic E-state index is 0.104. The maximum atomic E-state index is 12.2. The quantitative estimate of drug-likeness (QED) is 0.834. The van der Waals surface area contributed by atoms with Crippen molar-refractivity contribution in [2.75, 3.05) is 13.1 Å². The number of carbonyl (C=O) groups excluding carboxylic acids is 1. The third-order valence-corrected chi connectivity index (χ3v) is 3.65. The van der Waals surface area contributed by atoms with Crippen molar-refractivity contribution in [3.05, 3.63) is 28.5 Å². The molecule has 0 aliphatic carbocycles. The van der Waals surface area contributed by atoms with E-state index in [2.05, 4.69) is 4.98 Å². The Kier molecular flexibility index (Phi) is 3.34. The number of halogens is 1. The van der Waals surface area contributed by atoms with Gasteiger partial charge in [-0.05, 0) is 25.0 Å². The molecule has 98 valence electrons. The highest BCUT2D eigenvalue weighted by Crippen LogP contribution is 2.30. The smallest absolute Gasteiger partial charge is 0.254 e. The van der Waals surface area contributed by atoms with Gasteiger partial charge in [0.05, 0.1) is 13.1 Å². The van der Waals surface area contributed by atoms with Gasteiger partial charge in [-0.25, -0.2) is 4.98 Å². The number of hydrogen-bond acceptors (Lipinski definition) is 3. The predicted molar refractivity (Wildman–Crippen MR) is 69.7 cm³/mol. The molecule has 1 fully saturated rings. The maximum absolute atomic E-state index is 12.2. The lowest BCUT2D eigenvalue weighted by atomic mass is 9.82. The highest BCUT2D eigenvalue weighted by molar-refractivity contribution is 6.29. The van der Waals surface area contributed by atoms with Crippen molar-refractivity contribution in [1.29, 1.82) is 0 Å². The molecule has 2 rings (SSSR count). The molecule has 0 aromatic carbocycles. The number of aryl methyl sites for hydroxylation is 1. The summed E-state index contributed by atoms with van der Waals surface area (Å²) in [5, 5.41) is 10.4. The fourth-order valence-electron chi connectivity index (χ4n) is 2.06. The number of amides is 1. The van der Waals surface area contributed by atoms with Gasteiger partial charge in [0.15, 0.2) is 0 Å². The van der Waals surface area contributed by atoms with Gasteiger partial charge in [-0.3, -0.25) is 4.79 Å². The monoisotopic (exact) mass is 268 g/mol. The summed E-state index contributed by atoms with van der Waals surface area (Å²) in [5.74, 6) is 0.0389. The second-order valence-electron chi connectivity index (χ2n) is 5.24. The fourth-order valence-corrected chi connectivity index (χ4v) is 2.31. The molecule has 0 atom stereocenters. The third-order valence-electron chi connectivity index (χ3n) is 3.46. The number of likely N-dealkylation sites (tertiary alicyclic amines) is 1. The number of pyridine rings is 1. The Morgan fingerprint density at radius 1 is 1.50 bits per heavy atom. The number of aromatic nitrogens is 1. The van der Waals surface area contributed by atoms with Crippen LogP contribution in [0.15, 0.2) is 12.1 Å².